The van der Waals surface area contributed by atoms with Gasteiger partial charge in [-0.15, -0.1) is 11.3 Å². The number of hydrogen-bond donors (Lipinski definition) is 2. The third-order valence-corrected chi connectivity index (χ3v) is 5.58. The number of aryl methyl sites for hydroxylation is 1. The highest BCUT2D eigenvalue weighted by atomic mass is 32.2. The van der Waals surface area contributed by atoms with Crippen molar-refractivity contribution in [3.63, 3.8) is 0 Å². The SMILES string of the molecule is Cc1cc(N)c(C)c(S(=O)(=O)NCc2cscn2)c1C. The summed E-state index contributed by atoms with van der Waals surface area (Å²) in [5.41, 5.74) is 10.9. The summed E-state index contributed by atoms with van der Waals surface area (Å²) in [6, 6.07) is 1.80. The predicted molar refractivity (Wildman–Crippen MR) is 81.2 cm³/mol. The van der Waals surface area contributed by atoms with Gasteiger partial charge in [0.15, 0.2) is 0 Å². The van der Waals surface area contributed by atoms with Gasteiger partial charge in [0.1, 0.15) is 0 Å². The highest BCUT2D eigenvalue weighted by Crippen LogP contribution is 2.27. The van der Waals surface area contributed by atoms with Crippen LogP contribution in [0.25, 0.3) is 0 Å². The molecule has 0 amide bonds. The summed E-state index contributed by atoms with van der Waals surface area (Å²) >= 11 is 1.43. The Bertz CT molecular complexity index is 696. The summed E-state index contributed by atoms with van der Waals surface area (Å²) in [4.78, 5) is 4.33. The number of aromatic nitrogens is 1. The van der Waals surface area contributed by atoms with Crippen LogP contribution in [-0.2, 0) is 16.6 Å². The molecular formula is C13H17N3O2S2. The molecule has 0 fully saturated rings. The number of thiazole rings is 1. The van der Waals surface area contributed by atoms with Gasteiger partial charge in [-0.3, -0.25) is 0 Å². The summed E-state index contributed by atoms with van der Waals surface area (Å²) in [5, 5.41) is 1.81. The van der Waals surface area contributed by atoms with Crippen LogP contribution in [0.4, 0.5) is 5.69 Å². The van der Waals surface area contributed by atoms with E-state index >= 15 is 0 Å². The maximum atomic E-state index is 12.5. The number of nitrogens with zero attached hydrogens (tertiary/aromatic N) is 1. The third-order valence-electron chi connectivity index (χ3n) is 3.27. The fraction of sp³-hybridized carbons (Fsp3) is 0.308. The Morgan fingerprint density at radius 3 is 2.60 bits per heavy atom. The molecule has 1 aromatic carbocycles. The van der Waals surface area contributed by atoms with E-state index in [0.29, 0.717) is 16.9 Å². The van der Waals surface area contributed by atoms with Crippen molar-refractivity contribution in [2.45, 2.75) is 32.2 Å². The van der Waals surface area contributed by atoms with Crippen molar-refractivity contribution >= 4 is 27.0 Å². The van der Waals surface area contributed by atoms with E-state index in [1.807, 2.05) is 12.3 Å². The molecular weight excluding hydrogens is 294 g/mol. The smallest absolute Gasteiger partial charge is 0.241 e. The first-order valence-electron chi connectivity index (χ1n) is 6.06. The lowest BCUT2D eigenvalue weighted by Gasteiger charge is -2.15. The number of nitrogen functional groups attached to an aromatic ring is 1. The zero-order valence-electron chi connectivity index (χ0n) is 11.6. The van der Waals surface area contributed by atoms with Crippen molar-refractivity contribution < 1.29 is 8.42 Å². The van der Waals surface area contributed by atoms with Crippen LogP contribution in [0.3, 0.4) is 0 Å². The standard InChI is InChI=1S/C13H17N3O2S2/c1-8-4-12(14)10(3)13(9(8)2)20(17,18)16-5-11-6-19-7-15-11/h4,6-7,16H,5,14H2,1-3H3. The van der Waals surface area contributed by atoms with Crippen LogP contribution in [0.2, 0.25) is 0 Å². The molecule has 5 nitrogen and oxygen atoms in total. The van der Waals surface area contributed by atoms with Gasteiger partial charge in [-0.1, -0.05) is 0 Å². The van der Waals surface area contributed by atoms with E-state index in [1.54, 1.807) is 25.4 Å². The van der Waals surface area contributed by atoms with Crippen molar-refractivity contribution in [1.29, 1.82) is 0 Å². The minimum atomic E-state index is -3.61. The molecule has 20 heavy (non-hydrogen) atoms. The minimum Gasteiger partial charge on any atom is -0.398 e. The molecule has 108 valence electrons. The largest absolute Gasteiger partial charge is 0.398 e. The quantitative estimate of drug-likeness (QED) is 0.847. The van der Waals surface area contributed by atoms with Gasteiger partial charge in [0.05, 0.1) is 22.6 Å². The second-order valence-corrected chi connectivity index (χ2v) is 7.09. The number of anilines is 1. The fourth-order valence-electron chi connectivity index (χ4n) is 2.01. The number of rotatable bonds is 4. The van der Waals surface area contributed by atoms with E-state index in [9.17, 15) is 8.42 Å². The van der Waals surface area contributed by atoms with E-state index in [0.717, 1.165) is 11.1 Å². The predicted octanol–water partition coefficient (Wildman–Crippen LogP) is 2.13. The Morgan fingerprint density at radius 2 is 2.00 bits per heavy atom. The van der Waals surface area contributed by atoms with Gasteiger partial charge in [0.25, 0.3) is 0 Å². The molecule has 0 aliphatic heterocycles. The zero-order chi connectivity index (χ0) is 14.9. The molecule has 0 bridgehead atoms. The molecule has 3 N–H and O–H groups in total. The molecule has 7 heteroatoms. The highest BCUT2D eigenvalue weighted by molar-refractivity contribution is 7.89. The van der Waals surface area contributed by atoms with Crippen LogP contribution < -0.4 is 10.5 Å². The van der Waals surface area contributed by atoms with Crippen molar-refractivity contribution in [1.82, 2.24) is 9.71 Å². The second kappa shape index (κ2) is 5.51. The number of sulfonamides is 1. The summed E-state index contributed by atoms with van der Waals surface area (Å²) in [6.07, 6.45) is 0. The van der Waals surface area contributed by atoms with Crippen molar-refractivity contribution in [2.75, 3.05) is 5.73 Å². The Balaban J connectivity index is 2.39. The molecule has 2 aromatic rings. The summed E-state index contributed by atoms with van der Waals surface area (Å²) in [6.45, 7) is 5.54. The summed E-state index contributed by atoms with van der Waals surface area (Å²) in [5.74, 6) is 0. The monoisotopic (exact) mass is 311 g/mol. The van der Waals surface area contributed by atoms with Gasteiger partial charge in [-0.05, 0) is 43.5 Å². The average molecular weight is 311 g/mol. The number of nitrogens with one attached hydrogen (secondary N) is 1. The number of nitrogens with two attached hydrogens (primary N) is 1. The van der Waals surface area contributed by atoms with Crippen LogP contribution in [0.1, 0.15) is 22.4 Å². The lowest BCUT2D eigenvalue weighted by atomic mass is 10.1. The Hall–Kier alpha value is -1.44. The topological polar surface area (TPSA) is 85.1 Å². The van der Waals surface area contributed by atoms with Crippen LogP contribution in [0.5, 0.6) is 0 Å². The molecule has 1 aromatic heterocycles. The normalized spacial score (nSPS) is 11.8. The molecule has 0 unspecified atom stereocenters. The van der Waals surface area contributed by atoms with Crippen LogP contribution in [-0.4, -0.2) is 13.4 Å². The first kappa shape index (κ1) is 15.0. The Labute approximate surface area is 122 Å². The number of benzene rings is 1. The molecule has 0 saturated carbocycles. The van der Waals surface area contributed by atoms with E-state index in [-0.39, 0.29) is 11.4 Å². The Morgan fingerprint density at radius 1 is 1.30 bits per heavy atom. The van der Waals surface area contributed by atoms with Crippen LogP contribution in [0.15, 0.2) is 21.9 Å². The molecule has 2 rings (SSSR count). The van der Waals surface area contributed by atoms with E-state index < -0.39 is 10.0 Å². The second-order valence-electron chi connectivity index (χ2n) is 4.67. The van der Waals surface area contributed by atoms with Crippen molar-refractivity contribution in [3.05, 3.63) is 39.3 Å². The molecule has 1 heterocycles. The van der Waals surface area contributed by atoms with Gasteiger partial charge in [0, 0.05) is 11.1 Å². The molecule has 0 radical (unpaired) electrons. The fourth-order valence-corrected chi connectivity index (χ4v) is 4.14. The molecule has 0 saturated heterocycles. The summed E-state index contributed by atoms with van der Waals surface area (Å²) < 4.78 is 27.5. The summed E-state index contributed by atoms with van der Waals surface area (Å²) in [7, 11) is -3.61. The first-order chi connectivity index (χ1) is 9.33. The highest BCUT2D eigenvalue weighted by Gasteiger charge is 2.22. The van der Waals surface area contributed by atoms with Gasteiger partial charge >= 0.3 is 0 Å². The van der Waals surface area contributed by atoms with E-state index in [2.05, 4.69) is 9.71 Å². The van der Waals surface area contributed by atoms with E-state index in [1.165, 1.54) is 11.3 Å². The Kier molecular flexibility index (Phi) is 4.12. The van der Waals surface area contributed by atoms with Gasteiger partial charge in [-0.25, -0.2) is 18.1 Å². The lowest BCUT2D eigenvalue weighted by molar-refractivity contribution is 0.579. The zero-order valence-corrected chi connectivity index (χ0v) is 13.2. The molecule has 0 atom stereocenters. The maximum Gasteiger partial charge on any atom is 0.241 e. The minimum absolute atomic E-state index is 0.179. The lowest BCUT2D eigenvalue weighted by Crippen LogP contribution is -2.25. The van der Waals surface area contributed by atoms with Crippen LogP contribution in [0, 0.1) is 20.8 Å². The molecule has 0 aliphatic rings. The third kappa shape index (κ3) is 2.84. The van der Waals surface area contributed by atoms with Crippen molar-refractivity contribution in [3.8, 4) is 0 Å². The maximum absolute atomic E-state index is 12.5. The van der Waals surface area contributed by atoms with Gasteiger partial charge in [0.2, 0.25) is 10.0 Å². The van der Waals surface area contributed by atoms with E-state index in [4.69, 9.17) is 5.73 Å². The molecule has 0 spiro atoms. The van der Waals surface area contributed by atoms with Gasteiger partial charge < -0.3 is 5.73 Å². The first-order valence-corrected chi connectivity index (χ1v) is 8.48. The van der Waals surface area contributed by atoms with Gasteiger partial charge in [-0.2, -0.15) is 0 Å². The van der Waals surface area contributed by atoms with Crippen molar-refractivity contribution in [2.24, 2.45) is 0 Å². The number of hydrogen-bond acceptors (Lipinski definition) is 5. The van der Waals surface area contributed by atoms with Crippen LogP contribution >= 0.6 is 11.3 Å². The molecule has 0 aliphatic carbocycles. The average Bonchev–Trinajstić information content (AvgIpc) is 2.87.